The van der Waals surface area contributed by atoms with Gasteiger partial charge in [-0.05, 0) is 99.9 Å². The number of fused-ring (bicyclic) bond motifs is 12. The van der Waals surface area contributed by atoms with Gasteiger partial charge in [-0.3, -0.25) is 4.57 Å². The highest BCUT2D eigenvalue weighted by molar-refractivity contribution is 9.10. The van der Waals surface area contributed by atoms with E-state index in [1.807, 2.05) is 85.1 Å². The minimum Gasteiger partial charge on any atom is -0.497 e. The summed E-state index contributed by atoms with van der Waals surface area (Å²) in [5.74, 6) is 2.53. The number of pyridine rings is 4. The summed E-state index contributed by atoms with van der Waals surface area (Å²) < 4.78 is 13.8. The van der Waals surface area contributed by atoms with Crippen LogP contribution in [0, 0.1) is 0 Å². The fourth-order valence-corrected chi connectivity index (χ4v) is 9.86. The first kappa shape index (κ1) is 41.6. The van der Waals surface area contributed by atoms with Crippen LogP contribution in [0.2, 0.25) is 0 Å². The molecule has 332 valence electrons. The molecule has 0 fully saturated rings. The topological polar surface area (TPSA) is 122 Å². The highest BCUT2D eigenvalue weighted by atomic mass is 79.9. The van der Waals surface area contributed by atoms with E-state index in [1.165, 1.54) is 16.3 Å². The predicted molar refractivity (Wildman–Crippen MR) is 285 cm³/mol. The van der Waals surface area contributed by atoms with Gasteiger partial charge < -0.3 is 24.4 Å². The zero-order chi connectivity index (χ0) is 46.4. The zero-order valence-corrected chi connectivity index (χ0v) is 39.0. The summed E-state index contributed by atoms with van der Waals surface area (Å²) in [5.41, 5.74) is 12.5. The molecule has 11 heteroatoms. The maximum absolute atomic E-state index is 5.44. The number of nitrogens with zero attached hydrogens (tertiary/aromatic N) is 5. The Morgan fingerprint density at radius 2 is 0.855 bits per heavy atom. The molecule has 0 atom stereocenters. The lowest BCUT2D eigenvalue weighted by atomic mass is 9.96. The Labute approximate surface area is 403 Å². The minimum atomic E-state index is 0.833. The van der Waals surface area contributed by atoms with Crippen molar-refractivity contribution in [2.75, 3.05) is 14.2 Å². The van der Waals surface area contributed by atoms with Crippen molar-refractivity contribution in [2.45, 2.75) is 0 Å². The quantitative estimate of drug-likeness (QED) is 0.148. The van der Waals surface area contributed by atoms with E-state index in [1.54, 1.807) is 20.4 Å². The van der Waals surface area contributed by atoms with E-state index in [9.17, 15) is 0 Å². The Bertz CT molecular complexity index is 4070. The van der Waals surface area contributed by atoms with Crippen LogP contribution >= 0.6 is 15.9 Å². The second-order valence-corrected chi connectivity index (χ2v) is 17.3. The maximum Gasteiger partial charge on any atom is 0.149 e. The third kappa shape index (κ3) is 7.27. The molecule has 0 amide bonds. The zero-order valence-electron chi connectivity index (χ0n) is 37.4. The molecule has 69 heavy (non-hydrogen) atoms. The van der Waals surface area contributed by atoms with Crippen LogP contribution < -0.4 is 9.47 Å². The second kappa shape index (κ2) is 17.4. The summed E-state index contributed by atoms with van der Waals surface area (Å²) in [5, 5.41) is 9.21. The van der Waals surface area contributed by atoms with Crippen molar-refractivity contribution >= 4 is 104 Å². The Balaban J connectivity index is 0.000000127. The van der Waals surface area contributed by atoms with Crippen molar-refractivity contribution in [3.63, 3.8) is 0 Å². The highest BCUT2D eigenvalue weighted by Crippen LogP contribution is 2.45. The molecule has 0 spiro atoms. The second-order valence-electron chi connectivity index (χ2n) is 16.5. The Hall–Kier alpha value is -8.80. The standard InChI is InChI=1S/C29H20N4O.C24H17N3O.C5H4BrN/c1-34-19-15-13-18(14-16-19)25-26-20-8-2-4-10-22(20)31-28(26)32-29-27(25)21-9-3-5-11-23(21)33(29)24-12-6-7-17-30-24;1-28-15-12-10-14(11-13-15)20-21-16-6-2-4-8-18(16)25-23(21)27-24-22(20)17-7-3-5-9-19(17)26-24;6-5-3-1-2-4-7-5/h2-17H,1H3,(H,31,32);2-13H,1H3,(H2,25,26,27);1-4H. The number of para-hydroxylation sites is 4. The van der Waals surface area contributed by atoms with Gasteiger partial charge in [0, 0.05) is 83.2 Å². The third-order valence-electron chi connectivity index (χ3n) is 12.6. The van der Waals surface area contributed by atoms with Crippen LogP contribution in [0.5, 0.6) is 11.5 Å². The number of benzene rings is 6. The van der Waals surface area contributed by atoms with Crippen LogP contribution in [-0.2, 0) is 0 Å². The number of methoxy groups -OCH3 is 2. The average Bonchev–Trinajstić information content (AvgIpc) is 4.17. The van der Waals surface area contributed by atoms with Crippen LogP contribution in [0.1, 0.15) is 0 Å². The maximum atomic E-state index is 5.44. The molecule has 14 rings (SSSR count). The predicted octanol–water partition coefficient (Wildman–Crippen LogP) is 14.8. The fourth-order valence-electron chi connectivity index (χ4n) is 9.59. The molecule has 0 radical (unpaired) electrons. The monoisotopic (exact) mass is 960 g/mol. The number of rotatable bonds is 5. The summed E-state index contributed by atoms with van der Waals surface area (Å²) >= 11 is 3.20. The molecule has 0 aliphatic rings. The number of ether oxygens (including phenoxy) is 2. The van der Waals surface area contributed by atoms with Gasteiger partial charge in [0.15, 0.2) is 0 Å². The van der Waals surface area contributed by atoms with Crippen molar-refractivity contribution in [2.24, 2.45) is 0 Å². The number of H-pyrrole nitrogens is 3. The first-order valence-corrected chi connectivity index (χ1v) is 23.3. The molecular weight excluding hydrogens is 921 g/mol. The van der Waals surface area contributed by atoms with Crippen LogP contribution in [0.15, 0.2) is 199 Å². The van der Waals surface area contributed by atoms with Crippen LogP contribution in [-0.4, -0.2) is 53.7 Å². The van der Waals surface area contributed by atoms with E-state index >= 15 is 0 Å². The largest absolute Gasteiger partial charge is 0.497 e. The lowest BCUT2D eigenvalue weighted by Gasteiger charge is -2.10. The molecular formula is C58H41BrN8O2. The van der Waals surface area contributed by atoms with Crippen molar-refractivity contribution in [1.29, 1.82) is 0 Å². The van der Waals surface area contributed by atoms with Crippen molar-refractivity contribution < 1.29 is 9.47 Å². The summed E-state index contributed by atoms with van der Waals surface area (Å²) in [7, 11) is 3.38. The molecule has 8 heterocycles. The van der Waals surface area contributed by atoms with Crippen molar-refractivity contribution in [1.82, 2.24) is 39.5 Å². The molecule has 8 aromatic heterocycles. The number of aromatic nitrogens is 8. The minimum absolute atomic E-state index is 0.833. The van der Waals surface area contributed by atoms with Crippen molar-refractivity contribution in [3.05, 3.63) is 199 Å². The van der Waals surface area contributed by atoms with Gasteiger partial charge in [0.25, 0.3) is 0 Å². The van der Waals surface area contributed by atoms with Gasteiger partial charge in [0.1, 0.15) is 44.5 Å². The van der Waals surface area contributed by atoms with Gasteiger partial charge in [0.2, 0.25) is 0 Å². The van der Waals surface area contributed by atoms with Gasteiger partial charge in [-0.2, -0.15) is 0 Å². The number of halogens is 1. The average molecular weight is 962 g/mol. The molecule has 0 saturated heterocycles. The Morgan fingerprint density at radius 3 is 1.30 bits per heavy atom. The first-order chi connectivity index (χ1) is 34.1. The number of nitrogens with one attached hydrogen (secondary N) is 3. The lowest BCUT2D eigenvalue weighted by molar-refractivity contribution is 0.415. The normalized spacial score (nSPS) is 11.4. The van der Waals surface area contributed by atoms with E-state index in [0.29, 0.717) is 0 Å². The van der Waals surface area contributed by atoms with Gasteiger partial charge in [-0.1, -0.05) is 109 Å². The molecule has 10 nitrogen and oxygen atoms in total. The summed E-state index contributed by atoms with van der Waals surface area (Å²) in [6.07, 6.45) is 3.56. The Kier molecular flexibility index (Phi) is 10.5. The summed E-state index contributed by atoms with van der Waals surface area (Å²) in [6, 6.07) is 61.8. The molecule has 0 saturated carbocycles. The molecule has 0 aliphatic heterocycles. The van der Waals surface area contributed by atoms with Crippen LogP contribution in [0.4, 0.5) is 0 Å². The highest BCUT2D eigenvalue weighted by Gasteiger charge is 2.23. The third-order valence-corrected chi connectivity index (χ3v) is 13.1. The molecule has 6 aromatic carbocycles. The number of hydrogen-bond donors (Lipinski definition) is 3. The molecule has 3 N–H and O–H groups in total. The smallest absolute Gasteiger partial charge is 0.149 e. The van der Waals surface area contributed by atoms with E-state index < -0.39 is 0 Å². The lowest BCUT2D eigenvalue weighted by Crippen LogP contribution is -1.98. The SMILES string of the molecule is Brc1ccccn1.COc1ccc(-c2c3c(nc4[nH]c5ccccc5c24)[nH]c2ccccc23)cc1.COc1ccc(-c2c3c(nc4c2c2ccccc2n4-c2ccccn2)[nH]c2ccccc23)cc1. The molecule has 0 aliphatic carbocycles. The van der Waals surface area contributed by atoms with Gasteiger partial charge in [-0.15, -0.1) is 0 Å². The van der Waals surface area contributed by atoms with Gasteiger partial charge >= 0.3 is 0 Å². The van der Waals surface area contributed by atoms with Gasteiger partial charge in [0.05, 0.1) is 19.7 Å². The van der Waals surface area contributed by atoms with E-state index in [-0.39, 0.29) is 0 Å². The van der Waals surface area contributed by atoms with Crippen LogP contribution in [0.25, 0.3) is 116 Å². The van der Waals surface area contributed by atoms with E-state index in [2.05, 4.69) is 149 Å². The number of aromatic amines is 3. The van der Waals surface area contributed by atoms with Crippen molar-refractivity contribution in [3.8, 4) is 39.6 Å². The van der Waals surface area contributed by atoms with E-state index in [4.69, 9.17) is 19.4 Å². The summed E-state index contributed by atoms with van der Waals surface area (Å²) in [4.78, 5) is 29.2. The Morgan fingerprint density at radius 1 is 0.420 bits per heavy atom. The van der Waals surface area contributed by atoms with Crippen LogP contribution in [0.3, 0.4) is 0 Å². The number of hydrogen-bond acceptors (Lipinski definition) is 6. The molecule has 0 bridgehead atoms. The fraction of sp³-hybridized carbons (Fsp3) is 0.0345. The van der Waals surface area contributed by atoms with E-state index in [0.717, 1.165) is 116 Å². The van der Waals surface area contributed by atoms with Gasteiger partial charge in [-0.25, -0.2) is 19.9 Å². The first-order valence-electron chi connectivity index (χ1n) is 22.5. The summed E-state index contributed by atoms with van der Waals surface area (Å²) in [6.45, 7) is 0. The molecule has 14 aromatic rings. The molecule has 0 unspecified atom stereocenters.